The fourth-order valence-corrected chi connectivity index (χ4v) is 3.36. The van der Waals surface area contributed by atoms with Crippen LogP contribution in [0.25, 0.3) is 0 Å². The van der Waals surface area contributed by atoms with Crippen LogP contribution in [0.1, 0.15) is 43.5 Å². The first kappa shape index (κ1) is 15.9. The van der Waals surface area contributed by atoms with Gasteiger partial charge in [0.05, 0.1) is 10.5 Å². The number of carbonyl (C=O) groups excluding carboxylic acids is 1. The first-order chi connectivity index (χ1) is 9.75. The van der Waals surface area contributed by atoms with E-state index in [2.05, 4.69) is 0 Å². The fraction of sp³-hybridized carbons (Fsp3) is 0.500. The number of carbonyl (C=O) groups is 1. The highest BCUT2D eigenvalue weighted by Crippen LogP contribution is 2.29. The molecule has 2 unspecified atom stereocenters. The second-order valence-electron chi connectivity index (χ2n) is 5.39. The normalized spacial score (nSPS) is 22.6. The maximum Gasteiger partial charge on any atom is 0.257 e. The average Bonchev–Trinajstić information content (AvgIpc) is 2.78. The van der Waals surface area contributed by atoms with Crippen LogP contribution in [0.15, 0.2) is 23.1 Å². The van der Waals surface area contributed by atoms with Gasteiger partial charge in [0, 0.05) is 12.1 Å². The van der Waals surface area contributed by atoms with E-state index in [1.807, 2.05) is 13.8 Å². The number of benzene rings is 1. The monoisotopic (exact) mass is 314 g/mol. The Kier molecular flexibility index (Phi) is 4.34. The molecule has 1 aliphatic rings. The van der Waals surface area contributed by atoms with E-state index < -0.39 is 21.7 Å². The van der Waals surface area contributed by atoms with Crippen LogP contribution >= 0.6 is 0 Å². The first-order valence-electron chi connectivity index (χ1n) is 6.90. The minimum Gasteiger partial charge on any atom is -0.333 e. The van der Waals surface area contributed by atoms with Crippen molar-refractivity contribution in [1.29, 1.82) is 0 Å². The van der Waals surface area contributed by atoms with Gasteiger partial charge in [-0.05, 0) is 44.4 Å². The molecule has 0 bridgehead atoms. The highest BCUT2D eigenvalue weighted by molar-refractivity contribution is 7.89. The summed E-state index contributed by atoms with van der Waals surface area (Å²) in [7, 11) is -3.97. The van der Waals surface area contributed by atoms with Crippen LogP contribution < -0.4 is 5.14 Å². The molecule has 1 saturated heterocycles. The number of hydrogen-bond acceptors (Lipinski definition) is 3. The Morgan fingerprint density at radius 1 is 1.43 bits per heavy atom. The van der Waals surface area contributed by atoms with Gasteiger partial charge in [-0.25, -0.2) is 17.9 Å². The van der Waals surface area contributed by atoms with Crippen LogP contribution in [0.3, 0.4) is 0 Å². The van der Waals surface area contributed by atoms with Crippen LogP contribution in [0, 0.1) is 5.82 Å². The Bertz CT molecular complexity index is 660. The lowest BCUT2D eigenvalue weighted by Gasteiger charge is -2.28. The number of rotatable bonds is 3. The Morgan fingerprint density at radius 2 is 2.10 bits per heavy atom. The molecule has 0 saturated carbocycles. The van der Waals surface area contributed by atoms with Gasteiger partial charge in [0.15, 0.2) is 0 Å². The highest BCUT2D eigenvalue weighted by atomic mass is 32.2. The Balaban J connectivity index is 2.43. The number of nitrogens with zero attached hydrogens (tertiary/aromatic N) is 1. The van der Waals surface area contributed by atoms with Gasteiger partial charge in [0.25, 0.3) is 5.91 Å². The van der Waals surface area contributed by atoms with Gasteiger partial charge in [0.2, 0.25) is 10.0 Å². The molecule has 1 amide bonds. The van der Waals surface area contributed by atoms with Crippen molar-refractivity contribution >= 4 is 15.9 Å². The Morgan fingerprint density at radius 3 is 2.67 bits per heavy atom. The smallest absolute Gasteiger partial charge is 0.257 e. The van der Waals surface area contributed by atoms with Gasteiger partial charge in [0.1, 0.15) is 5.82 Å². The largest absolute Gasteiger partial charge is 0.333 e. The molecule has 1 fully saturated rings. The summed E-state index contributed by atoms with van der Waals surface area (Å²) < 4.78 is 36.6. The minimum absolute atomic E-state index is 0.0139. The number of likely N-dealkylation sites (tertiary alicyclic amines) is 1. The number of amides is 1. The predicted octanol–water partition coefficient (Wildman–Crippen LogP) is 1.88. The quantitative estimate of drug-likeness (QED) is 0.925. The summed E-state index contributed by atoms with van der Waals surface area (Å²) >= 11 is 0. The molecule has 0 radical (unpaired) electrons. The SMILES string of the molecule is CCC1CCC(C)N1C(=O)c1cc(S(N)(=O)=O)ccc1F. The zero-order valence-electron chi connectivity index (χ0n) is 12.0. The van der Waals surface area contributed by atoms with Crippen molar-refractivity contribution in [2.24, 2.45) is 5.14 Å². The number of halogens is 1. The minimum atomic E-state index is -3.97. The second-order valence-corrected chi connectivity index (χ2v) is 6.95. The third-order valence-corrected chi connectivity index (χ3v) is 4.90. The zero-order valence-corrected chi connectivity index (χ0v) is 12.9. The molecule has 1 aliphatic heterocycles. The van der Waals surface area contributed by atoms with Crippen LogP contribution in [0.4, 0.5) is 4.39 Å². The van der Waals surface area contributed by atoms with Crippen molar-refractivity contribution in [3.63, 3.8) is 0 Å². The molecule has 0 aromatic heterocycles. The molecular weight excluding hydrogens is 295 g/mol. The third-order valence-electron chi connectivity index (χ3n) is 3.99. The summed E-state index contributed by atoms with van der Waals surface area (Å²) in [5, 5.41) is 5.03. The van der Waals surface area contributed by atoms with Crippen molar-refractivity contribution in [2.75, 3.05) is 0 Å². The van der Waals surface area contributed by atoms with Crippen molar-refractivity contribution < 1.29 is 17.6 Å². The third kappa shape index (κ3) is 3.08. The van der Waals surface area contributed by atoms with E-state index in [0.29, 0.717) is 0 Å². The number of primary sulfonamides is 1. The molecule has 2 rings (SSSR count). The van der Waals surface area contributed by atoms with Crippen molar-refractivity contribution in [2.45, 2.75) is 50.1 Å². The van der Waals surface area contributed by atoms with Crippen molar-refractivity contribution in [3.8, 4) is 0 Å². The fourth-order valence-electron chi connectivity index (χ4n) is 2.82. The topological polar surface area (TPSA) is 80.5 Å². The van der Waals surface area contributed by atoms with Crippen LogP contribution in [0.2, 0.25) is 0 Å². The molecule has 1 heterocycles. The molecule has 1 aromatic carbocycles. The van der Waals surface area contributed by atoms with Crippen LogP contribution in [0.5, 0.6) is 0 Å². The van der Waals surface area contributed by atoms with E-state index in [0.717, 1.165) is 37.5 Å². The van der Waals surface area contributed by atoms with Gasteiger partial charge in [-0.3, -0.25) is 4.79 Å². The molecular formula is C14H19FN2O3S. The molecule has 5 nitrogen and oxygen atoms in total. The molecule has 7 heteroatoms. The van der Waals surface area contributed by atoms with Gasteiger partial charge in [-0.2, -0.15) is 0 Å². The van der Waals surface area contributed by atoms with Gasteiger partial charge in [-0.15, -0.1) is 0 Å². The number of sulfonamides is 1. The maximum atomic E-state index is 13.9. The van der Waals surface area contributed by atoms with Crippen LogP contribution in [-0.4, -0.2) is 31.3 Å². The summed E-state index contributed by atoms with van der Waals surface area (Å²) in [5.41, 5.74) is -0.242. The molecule has 1 aromatic rings. The first-order valence-corrected chi connectivity index (χ1v) is 8.45. The maximum absolute atomic E-state index is 13.9. The van der Waals surface area contributed by atoms with E-state index in [-0.39, 0.29) is 22.5 Å². The van der Waals surface area contributed by atoms with E-state index in [4.69, 9.17) is 5.14 Å². The van der Waals surface area contributed by atoms with E-state index in [9.17, 15) is 17.6 Å². The Labute approximate surface area is 124 Å². The van der Waals surface area contributed by atoms with E-state index >= 15 is 0 Å². The molecule has 116 valence electrons. The molecule has 2 N–H and O–H groups in total. The lowest BCUT2D eigenvalue weighted by atomic mass is 10.1. The number of nitrogens with two attached hydrogens (primary N) is 1. The summed E-state index contributed by atoms with van der Waals surface area (Å²) in [6.07, 6.45) is 2.52. The van der Waals surface area contributed by atoms with Gasteiger partial charge < -0.3 is 4.90 Å². The summed E-state index contributed by atoms with van der Waals surface area (Å²) in [6, 6.07) is 3.12. The average molecular weight is 314 g/mol. The lowest BCUT2D eigenvalue weighted by molar-refractivity contribution is 0.0671. The summed E-state index contributed by atoms with van der Waals surface area (Å²) in [6.45, 7) is 3.88. The van der Waals surface area contributed by atoms with Gasteiger partial charge >= 0.3 is 0 Å². The molecule has 21 heavy (non-hydrogen) atoms. The molecule has 0 aliphatic carbocycles. The van der Waals surface area contributed by atoms with Crippen molar-refractivity contribution in [1.82, 2.24) is 4.90 Å². The standard InChI is InChI=1S/C14H19FN2O3S/c1-3-10-5-4-9(2)17(10)14(18)12-8-11(21(16,19)20)6-7-13(12)15/h6-10H,3-5H2,1-2H3,(H2,16,19,20). The second kappa shape index (κ2) is 5.73. The summed E-state index contributed by atoms with van der Waals surface area (Å²) in [5.74, 6) is -1.21. The summed E-state index contributed by atoms with van der Waals surface area (Å²) in [4.78, 5) is 14.0. The van der Waals surface area contributed by atoms with Crippen LogP contribution in [-0.2, 0) is 10.0 Å². The number of hydrogen-bond donors (Lipinski definition) is 1. The molecule has 0 spiro atoms. The van der Waals surface area contributed by atoms with E-state index in [1.54, 1.807) is 4.90 Å². The lowest BCUT2D eigenvalue weighted by Crippen LogP contribution is -2.40. The van der Waals surface area contributed by atoms with E-state index in [1.165, 1.54) is 0 Å². The highest BCUT2D eigenvalue weighted by Gasteiger charge is 2.35. The Hall–Kier alpha value is -1.47. The van der Waals surface area contributed by atoms with Crippen molar-refractivity contribution in [3.05, 3.63) is 29.6 Å². The zero-order chi connectivity index (χ0) is 15.8. The van der Waals surface area contributed by atoms with Gasteiger partial charge in [-0.1, -0.05) is 6.92 Å². The predicted molar refractivity (Wildman–Crippen MR) is 76.7 cm³/mol. The molecule has 2 atom stereocenters.